The van der Waals surface area contributed by atoms with Gasteiger partial charge >= 0.3 is 0 Å². The van der Waals surface area contributed by atoms with Gasteiger partial charge in [-0.05, 0) is 42.0 Å². The molecule has 29 heavy (non-hydrogen) atoms. The molecule has 2 atom stereocenters. The maximum atomic E-state index is 12.5. The summed E-state index contributed by atoms with van der Waals surface area (Å²) in [5.74, 6) is 1.22. The van der Waals surface area contributed by atoms with Gasteiger partial charge in [-0.15, -0.1) is 11.3 Å². The summed E-state index contributed by atoms with van der Waals surface area (Å²) in [6.45, 7) is 6.51. The van der Waals surface area contributed by atoms with Crippen LogP contribution in [0.15, 0.2) is 70.8 Å². The molecule has 0 saturated carbocycles. The second kappa shape index (κ2) is 8.31. The highest BCUT2D eigenvalue weighted by Gasteiger charge is 2.24. The van der Waals surface area contributed by atoms with E-state index in [1.807, 2.05) is 24.3 Å². The average Bonchev–Trinajstić information content (AvgIpc) is 3.26. The lowest BCUT2D eigenvalue weighted by atomic mass is 9.98. The van der Waals surface area contributed by atoms with Gasteiger partial charge in [0.2, 0.25) is 0 Å². The van der Waals surface area contributed by atoms with Crippen LogP contribution in [0.5, 0.6) is 0 Å². The minimum atomic E-state index is -0.0835. The number of fused-ring (bicyclic) bond motifs is 1. The molecule has 148 valence electrons. The number of benzene rings is 2. The monoisotopic (exact) mass is 404 g/mol. The zero-order valence-corrected chi connectivity index (χ0v) is 17.7. The number of hydrogen-bond donors (Lipinski definition) is 2. The Hall–Kier alpha value is -2.76. The van der Waals surface area contributed by atoms with Gasteiger partial charge in [0, 0.05) is 5.56 Å². The number of para-hydroxylation sites is 1. The summed E-state index contributed by atoms with van der Waals surface area (Å²) in [7, 11) is 0. The number of quaternary nitrogens is 1. The fraction of sp³-hybridized carbons (Fsp3) is 0.250. The van der Waals surface area contributed by atoms with Gasteiger partial charge in [0.05, 0.1) is 15.8 Å². The van der Waals surface area contributed by atoms with Crippen molar-refractivity contribution in [3.05, 3.63) is 98.2 Å². The molecule has 0 aliphatic carbocycles. The fourth-order valence-electron chi connectivity index (χ4n) is 3.63. The third-order valence-electron chi connectivity index (χ3n) is 5.36. The summed E-state index contributed by atoms with van der Waals surface area (Å²) < 4.78 is 0. The molecule has 5 heteroatoms. The van der Waals surface area contributed by atoms with Crippen LogP contribution in [-0.4, -0.2) is 9.97 Å². The number of nitrogens with one attached hydrogen (secondary N) is 1. The first kappa shape index (κ1) is 19.6. The van der Waals surface area contributed by atoms with Crippen LogP contribution >= 0.6 is 11.3 Å². The van der Waals surface area contributed by atoms with Gasteiger partial charge < -0.3 is 10.3 Å². The van der Waals surface area contributed by atoms with Crippen LogP contribution < -0.4 is 10.9 Å². The maximum Gasteiger partial charge on any atom is 0.258 e. The van der Waals surface area contributed by atoms with Crippen LogP contribution in [0.2, 0.25) is 0 Å². The lowest BCUT2D eigenvalue weighted by Gasteiger charge is -2.20. The van der Waals surface area contributed by atoms with Crippen molar-refractivity contribution in [3.63, 3.8) is 0 Å². The van der Waals surface area contributed by atoms with E-state index >= 15 is 0 Å². The molecule has 0 unspecified atom stereocenters. The van der Waals surface area contributed by atoms with Crippen LogP contribution in [0.3, 0.4) is 0 Å². The van der Waals surface area contributed by atoms with Crippen LogP contribution in [0.1, 0.15) is 60.6 Å². The van der Waals surface area contributed by atoms with E-state index in [-0.39, 0.29) is 17.6 Å². The number of aromatic amines is 1. The van der Waals surface area contributed by atoms with E-state index in [2.05, 4.69) is 72.9 Å². The largest absolute Gasteiger partial charge is 0.327 e. The first-order valence-electron chi connectivity index (χ1n) is 10.00. The molecule has 2 aromatic heterocycles. The van der Waals surface area contributed by atoms with E-state index in [0.29, 0.717) is 17.1 Å². The molecule has 2 heterocycles. The Bertz CT molecular complexity index is 1150. The highest BCUT2D eigenvalue weighted by Crippen LogP contribution is 2.25. The van der Waals surface area contributed by atoms with E-state index in [4.69, 9.17) is 4.98 Å². The van der Waals surface area contributed by atoms with Crippen molar-refractivity contribution in [2.45, 2.75) is 38.8 Å². The second-order valence-corrected chi connectivity index (χ2v) is 8.74. The Morgan fingerprint density at radius 3 is 2.34 bits per heavy atom. The molecule has 0 aliphatic rings. The topological polar surface area (TPSA) is 62.4 Å². The lowest BCUT2D eigenvalue weighted by Crippen LogP contribution is -2.86. The molecule has 4 aromatic rings. The molecule has 0 radical (unpaired) electrons. The molecule has 3 N–H and O–H groups in total. The summed E-state index contributed by atoms with van der Waals surface area (Å²) in [5, 5.41) is 5.02. The number of aromatic nitrogens is 2. The van der Waals surface area contributed by atoms with Crippen molar-refractivity contribution in [2.24, 2.45) is 0 Å². The summed E-state index contributed by atoms with van der Waals surface area (Å²) in [6, 6.07) is 20.8. The second-order valence-electron chi connectivity index (χ2n) is 7.76. The molecule has 0 fully saturated rings. The summed E-state index contributed by atoms with van der Waals surface area (Å²) in [6.07, 6.45) is 0. The Morgan fingerprint density at radius 1 is 0.931 bits per heavy atom. The molecule has 0 amide bonds. The lowest BCUT2D eigenvalue weighted by molar-refractivity contribution is -0.723. The van der Waals surface area contributed by atoms with Crippen LogP contribution in [0.4, 0.5) is 0 Å². The molecule has 0 aliphatic heterocycles. The van der Waals surface area contributed by atoms with Crippen molar-refractivity contribution in [2.75, 3.05) is 0 Å². The predicted molar refractivity (Wildman–Crippen MR) is 119 cm³/mol. The van der Waals surface area contributed by atoms with Gasteiger partial charge in [0.15, 0.2) is 5.82 Å². The molecule has 0 bridgehead atoms. The third-order valence-corrected chi connectivity index (χ3v) is 6.31. The van der Waals surface area contributed by atoms with Crippen molar-refractivity contribution >= 4 is 22.2 Å². The Kier molecular flexibility index (Phi) is 5.60. The van der Waals surface area contributed by atoms with Gasteiger partial charge in [0.25, 0.3) is 5.56 Å². The molecule has 0 saturated heterocycles. The van der Waals surface area contributed by atoms with E-state index in [1.165, 1.54) is 16.0 Å². The zero-order valence-electron chi connectivity index (χ0n) is 16.9. The normalized spacial score (nSPS) is 13.7. The van der Waals surface area contributed by atoms with E-state index < -0.39 is 0 Å². The summed E-state index contributed by atoms with van der Waals surface area (Å²) >= 11 is 1.76. The van der Waals surface area contributed by atoms with E-state index in [0.717, 1.165) is 5.52 Å². The van der Waals surface area contributed by atoms with Crippen LogP contribution in [0, 0.1) is 0 Å². The smallest absolute Gasteiger partial charge is 0.258 e. The third kappa shape index (κ3) is 4.16. The first-order valence-corrected chi connectivity index (χ1v) is 10.9. The Labute approximate surface area is 174 Å². The van der Waals surface area contributed by atoms with E-state index in [9.17, 15) is 4.79 Å². The molecular weight excluding hydrogens is 378 g/mol. The number of H-pyrrole nitrogens is 1. The van der Waals surface area contributed by atoms with Gasteiger partial charge in [-0.1, -0.05) is 56.3 Å². The van der Waals surface area contributed by atoms with Gasteiger partial charge in [-0.25, -0.2) is 4.98 Å². The first-order chi connectivity index (χ1) is 14.0. The predicted octanol–water partition coefficient (Wildman–Crippen LogP) is 4.52. The van der Waals surface area contributed by atoms with Crippen LogP contribution in [0.25, 0.3) is 10.9 Å². The standard InChI is InChI=1S/C24H25N3OS/c1-15(2)17-10-12-18(13-11-17)22(21-9-6-14-29-21)25-16(3)23-26-20-8-5-4-7-19(20)24(28)27-23/h4-16,22,25H,1-3H3,(H,26,27,28)/p+1/t16-,22-/m0/s1. The quantitative estimate of drug-likeness (QED) is 0.496. The minimum Gasteiger partial charge on any atom is -0.327 e. The summed E-state index contributed by atoms with van der Waals surface area (Å²) in [5.41, 5.74) is 3.25. The number of hydrogen-bond acceptors (Lipinski definition) is 3. The fourth-order valence-corrected chi connectivity index (χ4v) is 4.46. The number of rotatable bonds is 6. The van der Waals surface area contributed by atoms with Crippen molar-refractivity contribution in [1.29, 1.82) is 0 Å². The zero-order chi connectivity index (χ0) is 20.4. The van der Waals surface area contributed by atoms with Gasteiger partial charge in [-0.3, -0.25) is 4.79 Å². The highest BCUT2D eigenvalue weighted by molar-refractivity contribution is 7.10. The van der Waals surface area contributed by atoms with Crippen LogP contribution in [-0.2, 0) is 0 Å². The molecule has 2 aromatic carbocycles. The molecule has 4 rings (SSSR count). The SMILES string of the molecule is CC(C)c1ccc([C@H]([NH2+][C@@H](C)c2nc3ccccc3c(=O)[nH]2)c2cccs2)cc1. The van der Waals surface area contributed by atoms with Crippen molar-refractivity contribution in [3.8, 4) is 0 Å². The van der Waals surface area contributed by atoms with Crippen molar-refractivity contribution < 1.29 is 5.32 Å². The Balaban J connectivity index is 1.67. The molecule has 4 nitrogen and oxygen atoms in total. The number of nitrogens with two attached hydrogens (primary N) is 1. The highest BCUT2D eigenvalue weighted by atomic mass is 32.1. The average molecular weight is 405 g/mol. The number of nitrogens with zero attached hydrogens (tertiary/aromatic N) is 1. The van der Waals surface area contributed by atoms with E-state index in [1.54, 1.807) is 11.3 Å². The van der Waals surface area contributed by atoms with Crippen molar-refractivity contribution in [1.82, 2.24) is 9.97 Å². The Morgan fingerprint density at radius 2 is 1.66 bits per heavy atom. The van der Waals surface area contributed by atoms with Gasteiger partial charge in [-0.2, -0.15) is 0 Å². The minimum absolute atomic E-state index is 0.00387. The molecular formula is C24H26N3OS+. The molecule has 0 spiro atoms. The number of thiophene rings is 1. The maximum absolute atomic E-state index is 12.5. The van der Waals surface area contributed by atoms with Gasteiger partial charge in [0.1, 0.15) is 12.1 Å². The summed E-state index contributed by atoms with van der Waals surface area (Å²) in [4.78, 5) is 21.5.